The van der Waals surface area contributed by atoms with Crippen LogP contribution in [0.1, 0.15) is 39.5 Å². The summed E-state index contributed by atoms with van der Waals surface area (Å²) in [6, 6.07) is 1.57. The van der Waals surface area contributed by atoms with Crippen LogP contribution in [0.25, 0.3) is 0 Å². The lowest BCUT2D eigenvalue weighted by molar-refractivity contribution is 0.143. The van der Waals surface area contributed by atoms with E-state index in [1.54, 1.807) is 0 Å². The van der Waals surface area contributed by atoms with Gasteiger partial charge < -0.3 is 15.1 Å². The van der Waals surface area contributed by atoms with Gasteiger partial charge in [-0.1, -0.05) is 13.8 Å². The topological polar surface area (TPSA) is 18.5 Å². The first-order valence-electron chi connectivity index (χ1n) is 8.20. The van der Waals surface area contributed by atoms with Crippen molar-refractivity contribution in [3.05, 3.63) is 0 Å². The molecule has 3 nitrogen and oxygen atoms in total. The minimum Gasteiger partial charge on any atom is -0.312 e. The Balaban J connectivity index is 1.61. The van der Waals surface area contributed by atoms with Crippen LogP contribution in [0.5, 0.6) is 0 Å². The van der Waals surface area contributed by atoms with Gasteiger partial charge in [-0.3, -0.25) is 0 Å². The highest BCUT2D eigenvalue weighted by Gasteiger charge is 2.32. The van der Waals surface area contributed by atoms with Crippen molar-refractivity contribution in [1.82, 2.24) is 15.1 Å². The predicted molar refractivity (Wildman–Crippen MR) is 82.5 cm³/mol. The monoisotopic (exact) mass is 267 g/mol. The van der Waals surface area contributed by atoms with Crippen LogP contribution in [-0.4, -0.2) is 62.2 Å². The summed E-state index contributed by atoms with van der Waals surface area (Å²) in [6.45, 7) is 9.68. The van der Waals surface area contributed by atoms with E-state index in [2.05, 4.69) is 43.1 Å². The van der Waals surface area contributed by atoms with Gasteiger partial charge in [-0.25, -0.2) is 0 Å². The van der Waals surface area contributed by atoms with Gasteiger partial charge in [0, 0.05) is 25.2 Å². The molecule has 1 unspecified atom stereocenters. The number of rotatable bonds is 7. The highest BCUT2D eigenvalue weighted by atomic mass is 15.2. The van der Waals surface area contributed by atoms with Crippen LogP contribution in [0.2, 0.25) is 0 Å². The zero-order valence-electron chi connectivity index (χ0n) is 13.4. The molecule has 0 aromatic carbocycles. The summed E-state index contributed by atoms with van der Waals surface area (Å²) in [4.78, 5) is 5.02. The molecule has 1 saturated heterocycles. The lowest BCUT2D eigenvalue weighted by Crippen LogP contribution is -2.46. The lowest BCUT2D eigenvalue weighted by Gasteiger charge is -2.35. The molecule has 0 radical (unpaired) electrons. The molecule has 2 fully saturated rings. The van der Waals surface area contributed by atoms with Gasteiger partial charge in [0.1, 0.15) is 0 Å². The molecule has 0 amide bonds. The average molecular weight is 267 g/mol. The van der Waals surface area contributed by atoms with Gasteiger partial charge >= 0.3 is 0 Å². The van der Waals surface area contributed by atoms with Crippen molar-refractivity contribution in [3.63, 3.8) is 0 Å². The van der Waals surface area contributed by atoms with Crippen LogP contribution >= 0.6 is 0 Å². The van der Waals surface area contributed by atoms with Crippen LogP contribution in [0.4, 0.5) is 0 Å². The highest BCUT2D eigenvalue weighted by Crippen LogP contribution is 2.35. The number of likely N-dealkylation sites (tertiary alicyclic amines) is 1. The van der Waals surface area contributed by atoms with Gasteiger partial charge in [-0.05, 0) is 64.7 Å². The fourth-order valence-corrected chi connectivity index (χ4v) is 3.45. The van der Waals surface area contributed by atoms with E-state index in [1.165, 1.54) is 51.9 Å². The number of hydrogen-bond acceptors (Lipinski definition) is 3. The summed E-state index contributed by atoms with van der Waals surface area (Å²) >= 11 is 0. The zero-order chi connectivity index (χ0) is 13.8. The molecule has 1 N–H and O–H groups in total. The Bertz CT molecular complexity index is 251. The Morgan fingerprint density at radius 2 is 1.74 bits per heavy atom. The second kappa shape index (κ2) is 7.05. The normalized spacial score (nSPS) is 24.3. The van der Waals surface area contributed by atoms with Crippen molar-refractivity contribution in [2.75, 3.05) is 40.3 Å². The van der Waals surface area contributed by atoms with Crippen LogP contribution in [0.3, 0.4) is 0 Å². The van der Waals surface area contributed by atoms with E-state index in [9.17, 15) is 0 Å². The Hall–Kier alpha value is -0.120. The predicted octanol–water partition coefficient (Wildman–Crippen LogP) is 2.04. The summed E-state index contributed by atoms with van der Waals surface area (Å²) < 4.78 is 0. The molecule has 2 rings (SSSR count). The fourth-order valence-electron chi connectivity index (χ4n) is 3.45. The van der Waals surface area contributed by atoms with Gasteiger partial charge in [0.15, 0.2) is 0 Å². The standard InChI is InChI=1S/C16H33N3/c1-13(2)16(14-5-6-14)17-9-12-19-10-7-15(8-11-19)18(3)4/h13-17H,5-12H2,1-4H3. The smallest absolute Gasteiger partial charge is 0.0119 e. The Morgan fingerprint density at radius 3 is 2.21 bits per heavy atom. The summed E-state index contributed by atoms with van der Waals surface area (Å²) in [7, 11) is 4.43. The SMILES string of the molecule is CC(C)C(NCCN1CCC(N(C)C)CC1)C1CC1. The molecule has 3 heteroatoms. The molecule has 1 saturated carbocycles. The molecule has 1 heterocycles. The molecule has 1 aliphatic carbocycles. The number of piperidine rings is 1. The van der Waals surface area contributed by atoms with Crippen molar-refractivity contribution in [1.29, 1.82) is 0 Å². The van der Waals surface area contributed by atoms with E-state index >= 15 is 0 Å². The Morgan fingerprint density at radius 1 is 1.11 bits per heavy atom. The van der Waals surface area contributed by atoms with Crippen molar-refractivity contribution >= 4 is 0 Å². The first kappa shape index (κ1) is 15.3. The molecule has 19 heavy (non-hydrogen) atoms. The fraction of sp³-hybridized carbons (Fsp3) is 1.00. The second-order valence-electron chi connectivity index (χ2n) is 7.10. The van der Waals surface area contributed by atoms with E-state index < -0.39 is 0 Å². The van der Waals surface area contributed by atoms with Gasteiger partial charge in [-0.15, -0.1) is 0 Å². The highest BCUT2D eigenvalue weighted by molar-refractivity contribution is 4.88. The molecule has 1 atom stereocenters. The van der Waals surface area contributed by atoms with E-state index in [1.807, 2.05) is 0 Å². The van der Waals surface area contributed by atoms with E-state index in [0.717, 1.165) is 23.9 Å². The maximum atomic E-state index is 3.81. The zero-order valence-corrected chi connectivity index (χ0v) is 13.4. The number of hydrogen-bond donors (Lipinski definition) is 1. The summed E-state index contributed by atoms with van der Waals surface area (Å²) in [5.41, 5.74) is 0. The van der Waals surface area contributed by atoms with Gasteiger partial charge in [-0.2, -0.15) is 0 Å². The molecule has 0 spiro atoms. The molecular weight excluding hydrogens is 234 g/mol. The molecule has 0 aromatic rings. The van der Waals surface area contributed by atoms with E-state index in [-0.39, 0.29) is 0 Å². The largest absolute Gasteiger partial charge is 0.312 e. The van der Waals surface area contributed by atoms with Crippen molar-refractivity contribution in [2.24, 2.45) is 11.8 Å². The number of nitrogens with one attached hydrogen (secondary N) is 1. The minimum atomic E-state index is 0.763. The van der Waals surface area contributed by atoms with Crippen molar-refractivity contribution in [3.8, 4) is 0 Å². The molecule has 0 aromatic heterocycles. The molecule has 2 aliphatic rings. The first-order valence-corrected chi connectivity index (χ1v) is 8.20. The molecule has 1 aliphatic heterocycles. The lowest BCUT2D eigenvalue weighted by atomic mass is 9.99. The Labute approximate surface area is 119 Å². The third kappa shape index (κ3) is 4.73. The van der Waals surface area contributed by atoms with Crippen LogP contribution in [0.15, 0.2) is 0 Å². The third-order valence-electron chi connectivity index (χ3n) is 4.94. The molecule has 0 bridgehead atoms. The summed E-state index contributed by atoms with van der Waals surface area (Å²) in [5.74, 6) is 1.76. The van der Waals surface area contributed by atoms with E-state index in [0.29, 0.717) is 0 Å². The van der Waals surface area contributed by atoms with E-state index in [4.69, 9.17) is 0 Å². The third-order valence-corrected chi connectivity index (χ3v) is 4.94. The summed E-state index contributed by atoms with van der Waals surface area (Å²) in [6.07, 6.45) is 5.57. The van der Waals surface area contributed by atoms with Crippen molar-refractivity contribution in [2.45, 2.75) is 51.6 Å². The second-order valence-corrected chi connectivity index (χ2v) is 7.10. The van der Waals surface area contributed by atoms with Gasteiger partial charge in [0.25, 0.3) is 0 Å². The first-order chi connectivity index (χ1) is 9.08. The van der Waals surface area contributed by atoms with Gasteiger partial charge in [0.2, 0.25) is 0 Å². The Kier molecular flexibility index (Phi) is 5.67. The van der Waals surface area contributed by atoms with Crippen LogP contribution in [0, 0.1) is 11.8 Å². The minimum absolute atomic E-state index is 0.763. The quantitative estimate of drug-likeness (QED) is 0.761. The maximum Gasteiger partial charge on any atom is 0.0119 e. The maximum absolute atomic E-state index is 3.81. The van der Waals surface area contributed by atoms with Crippen molar-refractivity contribution < 1.29 is 0 Å². The van der Waals surface area contributed by atoms with Crippen LogP contribution in [-0.2, 0) is 0 Å². The average Bonchev–Trinajstić information content (AvgIpc) is 3.19. The van der Waals surface area contributed by atoms with Gasteiger partial charge in [0.05, 0.1) is 0 Å². The summed E-state index contributed by atoms with van der Waals surface area (Å²) in [5, 5.41) is 3.81. The van der Waals surface area contributed by atoms with Crippen LogP contribution < -0.4 is 5.32 Å². The molecule has 112 valence electrons. The number of nitrogens with zero attached hydrogens (tertiary/aromatic N) is 2. The molecular formula is C16H33N3.